The van der Waals surface area contributed by atoms with Gasteiger partial charge in [0.2, 0.25) is 0 Å². The highest BCUT2D eigenvalue weighted by Gasteiger charge is 2.20. The number of pyridine rings is 1. The third-order valence-electron chi connectivity index (χ3n) is 5.34. The number of hydrogen-bond acceptors (Lipinski definition) is 8. The summed E-state index contributed by atoms with van der Waals surface area (Å²) in [6, 6.07) is 6.23. The van der Waals surface area contributed by atoms with Crippen LogP contribution >= 0.6 is 11.3 Å². The molecule has 0 saturated carbocycles. The Bertz CT molecular complexity index is 1260. The predicted octanol–water partition coefficient (Wildman–Crippen LogP) is 3.01. The highest BCUT2D eigenvalue weighted by molar-refractivity contribution is 7.15. The maximum atomic E-state index is 14.3. The quantitative estimate of drug-likeness (QED) is 0.488. The Morgan fingerprint density at radius 1 is 1.12 bits per heavy atom. The van der Waals surface area contributed by atoms with Crippen LogP contribution in [0.3, 0.4) is 0 Å². The van der Waals surface area contributed by atoms with Crippen LogP contribution in [0.1, 0.15) is 10.4 Å². The normalized spacial score (nSPS) is 13.6. The molecule has 8 nitrogen and oxygen atoms in total. The van der Waals surface area contributed by atoms with Crippen LogP contribution in [-0.4, -0.2) is 45.4 Å². The monoisotopic (exact) mass is 455 g/mol. The highest BCUT2D eigenvalue weighted by atomic mass is 32.1. The van der Waals surface area contributed by atoms with Crippen molar-refractivity contribution in [2.75, 3.05) is 25.9 Å². The smallest absolute Gasteiger partial charge is 0.190 e. The predicted molar refractivity (Wildman–Crippen MR) is 117 cm³/mol. The van der Waals surface area contributed by atoms with Crippen LogP contribution in [0, 0.1) is 11.6 Å². The molecule has 32 heavy (non-hydrogen) atoms. The van der Waals surface area contributed by atoms with E-state index in [1.165, 1.54) is 22.2 Å². The molecule has 0 unspecified atom stereocenters. The maximum Gasteiger partial charge on any atom is 0.190 e. The second-order valence-electron chi connectivity index (χ2n) is 7.32. The fourth-order valence-corrected chi connectivity index (χ4v) is 4.96. The summed E-state index contributed by atoms with van der Waals surface area (Å²) in [5, 5.41) is 15.0. The number of thiophene rings is 1. The lowest BCUT2D eigenvalue weighted by Gasteiger charge is -2.10. The Balaban J connectivity index is 1.57. The number of rotatable bonds is 4. The van der Waals surface area contributed by atoms with E-state index in [0.717, 1.165) is 48.5 Å². The van der Waals surface area contributed by atoms with Gasteiger partial charge in [0.1, 0.15) is 5.82 Å². The summed E-state index contributed by atoms with van der Waals surface area (Å²) >= 11 is 1.73. The van der Waals surface area contributed by atoms with Crippen molar-refractivity contribution in [1.29, 1.82) is 0 Å². The molecule has 164 valence electrons. The van der Waals surface area contributed by atoms with Gasteiger partial charge in [0.25, 0.3) is 0 Å². The minimum Gasteiger partial charge on any atom is -0.491 e. The zero-order chi connectivity index (χ0) is 22.2. The Morgan fingerprint density at radius 3 is 2.69 bits per heavy atom. The lowest BCUT2D eigenvalue weighted by atomic mass is 10.1. The van der Waals surface area contributed by atoms with Gasteiger partial charge in [-0.05, 0) is 54.1 Å². The molecule has 1 aliphatic heterocycles. The van der Waals surface area contributed by atoms with E-state index in [-0.39, 0.29) is 17.3 Å². The molecule has 0 aliphatic carbocycles. The molecule has 0 fully saturated rings. The second-order valence-corrected chi connectivity index (χ2v) is 8.46. The van der Waals surface area contributed by atoms with Crippen LogP contribution in [-0.2, 0) is 12.8 Å². The van der Waals surface area contributed by atoms with Crippen LogP contribution in [0.5, 0.6) is 5.75 Å². The Morgan fingerprint density at radius 2 is 1.91 bits per heavy atom. The molecular formula is C21H19F2N7OS. The zero-order valence-corrected chi connectivity index (χ0v) is 17.9. The SMILES string of the molecule is COc1c(F)cc(-n2nnnc2-c2cc(-c3cc4c(s3)CCNCC4)cnc2N)cc1F. The van der Waals surface area contributed by atoms with E-state index in [1.54, 1.807) is 17.5 Å². The molecule has 4 heterocycles. The van der Waals surface area contributed by atoms with E-state index in [1.807, 2.05) is 6.07 Å². The number of halogens is 2. The minimum absolute atomic E-state index is 0.0981. The number of aromatic nitrogens is 5. The van der Waals surface area contributed by atoms with E-state index in [4.69, 9.17) is 10.5 Å². The van der Waals surface area contributed by atoms with Crippen molar-refractivity contribution in [3.63, 3.8) is 0 Å². The van der Waals surface area contributed by atoms with Crippen LogP contribution in [0.4, 0.5) is 14.6 Å². The number of tetrazole rings is 1. The minimum atomic E-state index is -0.863. The lowest BCUT2D eigenvalue weighted by molar-refractivity contribution is 0.359. The second kappa shape index (κ2) is 8.24. The molecule has 0 saturated heterocycles. The summed E-state index contributed by atoms with van der Waals surface area (Å²) in [6.45, 7) is 1.92. The third kappa shape index (κ3) is 3.59. The van der Waals surface area contributed by atoms with Crippen LogP contribution in [0.15, 0.2) is 30.5 Å². The largest absolute Gasteiger partial charge is 0.491 e. The van der Waals surface area contributed by atoms with Crippen molar-refractivity contribution < 1.29 is 13.5 Å². The number of fused-ring (bicyclic) bond motifs is 1. The van der Waals surface area contributed by atoms with Gasteiger partial charge >= 0.3 is 0 Å². The molecule has 4 aromatic rings. The fraction of sp³-hybridized carbons (Fsp3) is 0.238. The molecule has 0 radical (unpaired) electrons. The molecule has 1 aromatic carbocycles. The lowest BCUT2D eigenvalue weighted by Crippen LogP contribution is -2.16. The van der Waals surface area contributed by atoms with Crippen molar-refractivity contribution in [1.82, 2.24) is 30.5 Å². The number of nitrogen functional groups attached to an aromatic ring is 1. The van der Waals surface area contributed by atoms with Crippen LogP contribution in [0.2, 0.25) is 0 Å². The van der Waals surface area contributed by atoms with Crippen LogP contribution < -0.4 is 15.8 Å². The summed E-state index contributed by atoms with van der Waals surface area (Å²) in [4.78, 5) is 6.76. The number of nitrogens with two attached hydrogens (primary N) is 1. The Kier molecular flexibility index (Phi) is 5.27. The van der Waals surface area contributed by atoms with Gasteiger partial charge in [-0.2, -0.15) is 4.68 Å². The van der Waals surface area contributed by atoms with Crippen molar-refractivity contribution >= 4 is 17.2 Å². The fourth-order valence-electron chi connectivity index (χ4n) is 3.76. The van der Waals surface area contributed by atoms with Crippen molar-refractivity contribution in [2.45, 2.75) is 12.8 Å². The molecule has 1 aliphatic rings. The number of anilines is 1. The molecule has 11 heteroatoms. The Hall–Kier alpha value is -3.44. The van der Waals surface area contributed by atoms with Crippen molar-refractivity contribution in [3.05, 3.63) is 52.5 Å². The van der Waals surface area contributed by atoms with Gasteiger partial charge in [-0.25, -0.2) is 13.8 Å². The van der Waals surface area contributed by atoms with Crippen LogP contribution in [0.25, 0.3) is 27.5 Å². The van der Waals surface area contributed by atoms with Gasteiger partial charge in [0, 0.05) is 33.6 Å². The molecular weight excluding hydrogens is 436 g/mol. The van der Waals surface area contributed by atoms with Crippen molar-refractivity contribution in [2.24, 2.45) is 0 Å². The van der Waals surface area contributed by atoms with Gasteiger partial charge < -0.3 is 15.8 Å². The standard InChI is InChI=1S/C21H19F2N7OS/c1-31-19-15(22)8-13(9-16(19)23)30-21(27-28-29-30)14-6-12(10-26-20(14)24)18-7-11-2-4-25-5-3-17(11)32-18/h6-10,25H,2-5H2,1H3,(H2,24,26). The number of benzene rings is 1. The molecule has 0 atom stereocenters. The van der Waals surface area contributed by atoms with Gasteiger partial charge in [-0.15, -0.1) is 16.4 Å². The first-order valence-electron chi connectivity index (χ1n) is 9.95. The summed E-state index contributed by atoms with van der Waals surface area (Å²) in [7, 11) is 1.20. The highest BCUT2D eigenvalue weighted by Crippen LogP contribution is 2.36. The van der Waals surface area contributed by atoms with Crippen molar-refractivity contribution in [3.8, 4) is 33.3 Å². The summed E-state index contributed by atoms with van der Waals surface area (Å²) < 4.78 is 34.5. The van der Waals surface area contributed by atoms with E-state index in [0.29, 0.717) is 5.56 Å². The number of hydrogen-bond donors (Lipinski definition) is 2. The number of nitrogens with one attached hydrogen (secondary N) is 1. The molecule has 3 aromatic heterocycles. The molecule has 0 bridgehead atoms. The number of methoxy groups -OCH3 is 1. The Labute approximate surface area is 186 Å². The zero-order valence-electron chi connectivity index (χ0n) is 17.1. The van der Waals surface area contributed by atoms with Gasteiger partial charge in [0.15, 0.2) is 23.2 Å². The third-order valence-corrected chi connectivity index (χ3v) is 6.63. The number of nitrogens with zero attached hydrogens (tertiary/aromatic N) is 5. The van der Waals surface area contributed by atoms with Gasteiger partial charge in [-0.3, -0.25) is 0 Å². The average molecular weight is 455 g/mol. The molecule has 3 N–H and O–H groups in total. The molecule has 0 amide bonds. The van der Waals surface area contributed by atoms with E-state index < -0.39 is 17.4 Å². The topological polar surface area (TPSA) is 104 Å². The maximum absolute atomic E-state index is 14.3. The van der Waals surface area contributed by atoms with Gasteiger partial charge in [-0.1, -0.05) is 0 Å². The summed E-state index contributed by atoms with van der Waals surface area (Å²) in [6.07, 6.45) is 3.68. The first kappa shape index (κ1) is 20.5. The first-order valence-corrected chi connectivity index (χ1v) is 10.8. The van der Waals surface area contributed by atoms with E-state index >= 15 is 0 Å². The average Bonchev–Trinajstić information content (AvgIpc) is 3.36. The summed E-state index contributed by atoms with van der Waals surface area (Å²) in [5.74, 6) is -1.76. The first-order chi connectivity index (χ1) is 15.5. The van der Waals surface area contributed by atoms with E-state index in [2.05, 4.69) is 31.9 Å². The van der Waals surface area contributed by atoms with E-state index in [9.17, 15) is 8.78 Å². The number of ether oxygens (including phenoxy) is 1. The summed E-state index contributed by atoms with van der Waals surface area (Å²) in [5.41, 5.74) is 8.91. The molecule has 5 rings (SSSR count). The van der Waals surface area contributed by atoms with Gasteiger partial charge in [0.05, 0.1) is 18.4 Å². The molecule has 0 spiro atoms.